The van der Waals surface area contributed by atoms with Crippen LogP contribution in [0.25, 0.3) is 11.3 Å². The summed E-state index contributed by atoms with van der Waals surface area (Å²) in [5.74, 6) is 0.513. The number of nitrogens with two attached hydrogens (primary N) is 1. The summed E-state index contributed by atoms with van der Waals surface area (Å²) in [7, 11) is 1.86. The average Bonchev–Trinajstić information content (AvgIpc) is 2.49. The second kappa shape index (κ2) is 2.90. The third-order valence-corrected chi connectivity index (χ3v) is 1.87. The van der Waals surface area contributed by atoms with Crippen LogP contribution in [0.2, 0.25) is 0 Å². The van der Waals surface area contributed by atoms with E-state index in [1.54, 1.807) is 17.0 Å². The number of imidazole rings is 1. The van der Waals surface area contributed by atoms with Gasteiger partial charge in [-0.3, -0.25) is 4.98 Å². The molecule has 0 aliphatic heterocycles. The van der Waals surface area contributed by atoms with Gasteiger partial charge in [-0.25, -0.2) is 4.98 Å². The van der Waals surface area contributed by atoms with Gasteiger partial charge in [0.1, 0.15) is 0 Å². The summed E-state index contributed by atoms with van der Waals surface area (Å²) >= 11 is 0. The first kappa shape index (κ1) is 7.79. The van der Waals surface area contributed by atoms with Crippen LogP contribution in [0.15, 0.2) is 30.7 Å². The molecule has 0 fully saturated rings. The molecule has 66 valence electrons. The van der Waals surface area contributed by atoms with Crippen LogP contribution in [-0.4, -0.2) is 14.5 Å². The number of nitrogen functional groups attached to an aromatic ring is 1. The lowest BCUT2D eigenvalue weighted by Gasteiger charge is -1.91. The standard InChI is InChI=1S/C9H10N4/c1-13-6-8(12-9(13)10)7-3-2-4-11-5-7/h2-6H,1H3,(H2,10,12). The molecule has 4 heteroatoms. The Morgan fingerprint density at radius 2 is 2.31 bits per heavy atom. The maximum atomic E-state index is 5.61. The molecule has 0 saturated heterocycles. The van der Waals surface area contributed by atoms with Crippen molar-refractivity contribution in [3.8, 4) is 11.3 Å². The Morgan fingerprint density at radius 1 is 1.46 bits per heavy atom. The van der Waals surface area contributed by atoms with Crippen molar-refractivity contribution in [3.63, 3.8) is 0 Å². The van der Waals surface area contributed by atoms with Crippen LogP contribution in [0.5, 0.6) is 0 Å². The molecule has 2 N–H and O–H groups in total. The Hall–Kier alpha value is -1.84. The predicted molar refractivity (Wildman–Crippen MR) is 50.9 cm³/mol. The number of rotatable bonds is 1. The quantitative estimate of drug-likeness (QED) is 0.703. The van der Waals surface area contributed by atoms with Crippen molar-refractivity contribution in [3.05, 3.63) is 30.7 Å². The summed E-state index contributed by atoms with van der Waals surface area (Å²) in [5, 5.41) is 0. The lowest BCUT2D eigenvalue weighted by Crippen LogP contribution is -1.94. The van der Waals surface area contributed by atoms with Crippen molar-refractivity contribution in [2.24, 2.45) is 7.05 Å². The van der Waals surface area contributed by atoms with Crippen molar-refractivity contribution < 1.29 is 0 Å². The molecule has 0 atom stereocenters. The third kappa shape index (κ3) is 1.38. The highest BCUT2D eigenvalue weighted by atomic mass is 15.1. The summed E-state index contributed by atoms with van der Waals surface area (Å²) in [6, 6.07) is 3.83. The van der Waals surface area contributed by atoms with Gasteiger partial charge in [0.05, 0.1) is 5.69 Å². The lowest BCUT2D eigenvalue weighted by molar-refractivity contribution is 0.930. The first-order valence-corrected chi connectivity index (χ1v) is 3.96. The van der Waals surface area contributed by atoms with Gasteiger partial charge in [-0.15, -0.1) is 0 Å². The highest BCUT2D eigenvalue weighted by Gasteiger charge is 2.03. The summed E-state index contributed by atoms with van der Waals surface area (Å²) < 4.78 is 1.78. The van der Waals surface area contributed by atoms with E-state index in [0.717, 1.165) is 11.3 Å². The van der Waals surface area contributed by atoms with Gasteiger partial charge in [-0.2, -0.15) is 0 Å². The summed E-state index contributed by atoms with van der Waals surface area (Å²) in [4.78, 5) is 8.19. The minimum Gasteiger partial charge on any atom is -0.369 e. The Labute approximate surface area is 76.1 Å². The van der Waals surface area contributed by atoms with Crippen LogP contribution in [0.3, 0.4) is 0 Å². The molecule has 4 nitrogen and oxygen atoms in total. The maximum absolute atomic E-state index is 5.61. The molecular weight excluding hydrogens is 164 g/mol. The fourth-order valence-corrected chi connectivity index (χ4v) is 1.13. The minimum absolute atomic E-state index is 0.513. The Morgan fingerprint density at radius 3 is 2.85 bits per heavy atom. The molecule has 0 spiro atoms. The van der Waals surface area contributed by atoms with E-state index >= 15 is 0 Å². The predicted octanol–water partition coefficient (Wildman–Crippen LogP) is 1.06. The molecule has 0 amide bonds. The summed E-state index contributed by atoms with van der Waals surface area (Å²) in [6.07, 6.45) is 5.38. The molecular formula is C9H10N4. The second-order valence-electron chi connectivity index (χ2n) is 2.84. The summed E-state index contributed by atoms with van der Waals surface area (Å²) in [5.41, 5.74) is 7.45. The van der Waals surface area contributed by atoms with Gasteiger partial charge < -0.3 is 10.3 Å². The van der Waals surface area contributed by atoms with Gasteiger partial charge in [0.2, 0.25) is 0 Å². The monoisotopic (exact) mass is 174 g/mol. The lowest BCUT2D eigenvalue weighted by atomic mass is 10.2. The fraction of sp³-hybridized carbons (Fsp3) is 0.111. The van der Waals surface area contributed by atoms with E-state index in [1.807, 2.05) is 25.4 Å². The maximum Gasteiger partial charge on any atom is 0.200 e. The molecule has 2 aromatic rings. The number of nitrogens with zero attached hydrogens (tertiary/aromatic N) is 3. The first-order chi connectivity index (χ1) is 6.27. The molecule has 0 saturated carbocycles. The number of pyridine rings is 1. The molecule has 2 aromatic heterocycles. The van der Waals surface area contributed by atoms with Crippen molar-refractivity contribution in [2.75, 3.05) is 5.73 Å². The third-order valence-electron chi connectivity index (χ3n) is 1.87. The van der Waals surface area contributed by atoms with Gasteiger partial charge in [0.15, 0.2) is 5.95 Å². The number of hydrogen-bond donors (Lipinski definition) is 1. The largest absolute Gasteiger partial charge is 0.369 e. The first-order valence-electron chi connectivity index (χ1n) is 3.96. The Kier molecular flexibility index (Phi) is 1.73. The molecule has 0 aliphatic rings. The highest BCUT2D eigenvalue weighted by Crippen LogP contribution is 2.16. The molecule has 0 radical (unpaired) electrons. The highest BCUT2D eigenvalue weighted by molar-refractivity contribution is 5.58. The Balaban J connectivity index is 2.48. The van der Waals surface area contributed by atoms with Crippen LogP contribution in [0, 0.1) is 0 Å². The molecule has 0 unspecified atom stereocenters. The number of aromatic nitrogens is 3. The van der Waals surface area contributed by atoms with Crippen LogP contribution in [-0.2, 0) is 7.05 Å². The molecule has 13 heavy (non-hydrogen) atoms. The van der Waals surface area contributed by atoms with E-state index in [-0.39, 0.29) is 0 Å². The zero-order valence-corrected chi connectivity index (χ0v) is 7.31. The normalized spacial score (nSPS) is 10.2. The van der Waals surface area contributed by atoms with Gasteiger partial charge in [-0.05, 0) is 12.1 Å². The van der Waals surface area contributed by atoms with E-state index < -0.39 is 0 Å². The van der Waals surface area contributed by atoms with E-state index in [2.05, 4.69) is 9.97 Å². The zero-order valence-electron chi connectivity index (χ0n) is 7.31. The topological polar surface area (TPSA) is 56.7 Å². The Bertz CT molecular complexity index is 385. The van der Waals surface area contributed by atoms with Gasteiger partial charge in [0.25, 0.3) is 0 Å². The SMILES string of the molecule is Cn1cc(-c2cccnc2)nc1N. The van der Waals surface area contributed by atoms with Gasteiger partial charge in [0, 0.05) is 31.2 Å². The second-order valence-corrected chi connectivity index (χ2v) is 2.84. The van der Waals surface area contributed by atoms with Gasteiger partial charge in [-0.1, -0.05) is 0 Å². The van der Waals surface area contributed by atoms with Crippen molar-refractivity contribution in [1.82, 2.24) is 14.5 Å². The van der Waals surface area contributed by atoms with Crippen molar-refractivity contribution in [1.29, 1.82) is 0 Å². The van der Waals surface area contributed by atoms with Crippen molar-refractivity contribution in [2.45, 2.75) is 0 Å². The van der Waals surface area contributed by atoms with E-state index in [4.69, 9.17) is 5.73 Å². The van der Waals surface area contributed by atoms with Crippen molar-refractivity contribution >= 4 is 5.95 Å². The minimum atomic E-state index is 0.513. The van der Waals surface area contributed by atoms with E-state index in [1.165, 1.54) is 0 Å². The number of aryl methyl sites for hydroxylation is 1. The molecule has 2 rings (SSSR count). The van der Waals surface area contributed by atoms with Crippen LogP contribution in [0.1, 0.15) is 0 Å². The fourth-order valence-electron chi connectivity index (χ4n) is 1.13. The number of anilines is 1. The van der Waals surface area contributed by atoms with Gasteiger partial charge >= 0.3 is 0 Å². The zero-order chi connectivity index (χ0) is 9.26. The molecule has 0 bridgehead atoms. The van der Waals surface area contributed by atoms with Crippen LogP contribution < -0.4 is 5.73 Å². The average molecular weight is 174 g/mol. The molecule has 2 heterocycles. The molecule has 0 aromatic carbocycles. The van der Waals surface area contributed by atoms with E-state index in [9.17, 15) is 0 Å². The van der Waals surface area contributed by atoms with Crippen LogP contribution in [0.4, 0.5) is 5.95 Å². The van der Waals surface area contributed by atoms with E-state index in [0.29, 0.717) is 5.95 Å². The summed E-state index contributed by atoms with van der Waals surface area (Å²) in [6.45, 7) is 0. The van der Waals surface area contributed by atoms with Crippen LogP contribution >= 0.6 is 0 Å². The smallest absolute Gasteiger partial charge is 0.200 e. The number of hydrogen-bond acceptors (Lipinski definition) is 3. The molecule has 0 aliphatic carbocycles.